The molecule has 4 rings (SSSR count). The summed E-state index contributed by atoms with van der Waals surface area (Å²) in [6, 6.07) is 0. The van der Waals surface area contributed by atoms with Crippen LogP contribution in [0.5, 0.6) is 0 Å². The van der Waals surface area contributed by atoms with Crippen molar-refractivity contribution in [2.24, 2.45) is 46.3 Å². The predicted molar refractivity (Wildman–Crippen MR) is 130 cm³/mol. The van der Waals surface area contributed by atoms with Crippen molar-refractivity contribution in [3.8, 4) is 0 Å². The molecule has 0 saturated heterocycles. The molecule has 0 radical (unpaired) electrons. The van der Waals surface area contributed by atoms with E-state index in [1.807, 2.05) is 0 Å². The van der Waals surface area contributed by atoms with Crippen LogP contribution in [0.2, 0.25) is 0 Å². The molecule has 0 unspecified atom stereocenters. The Kier molecular flexibility index (Phi) is 6.56. The number of fused-ring (bicyclic) bond motifs is 5. The lowest BCUT2D eigenvalue weighted by Crippen LogP contribution is -2.54. The Morgan fingerprint density at radius 3 is 2.52 bits per heavy atom. The maximum Gasteiger partial charge on any atom is 0.0757 e. The van der Waals surface area contributed by atoms with Crippen LogP contribution in [-0.4, -0.2) is 22.4 Å². The molecule has 2 heteroatoms. The van der Waals surface area contributed by atoms with E-state index in [0.717, 1.165) is 31.1 Å². The minimum absolute atomic E-state index is 0.198. The fraction of sp³-hybridized carbons (Fsp3) is 0.862. The maximum absolute atomic E-state index is 11.3. The molecule has 0 aromatic rings. The topological polar surface area (TPSA) is 40.5 Å². The van der Waals surface area contributed by atoms with Gasteiger partial charge in [0, 0.05) is 0 Å². The monoisotopic (exact) mass is 428 g/mol. The minimum atomic E-state index is -0.315. The summed E-state index contributed by atoms with van der Waals surface area (Å²) in [6.07, 6.45) is 13.5. The largest absolute Gasteiger partial charge is 0.393 e. The quantitative estimate of drug-likeness (QED) is 0.451. The summed E-state index contributed by atoms with van der Waals surface area (Å²) in [4.78, 5) is 0. The molecule has 0 aromatic carbocycles. The molecule has 3 saturated carbocycles. The van der Waals surface area contributed by atoms with E-state index in [2.05, 4.69) is 47.3 Å². The van der Waals surface area contributed by atoms with E-state index in [1.165, 1.54) is 56.1 Å². The Morgan fingerprint density at radius 1 is 1.10 bits per heavy atom. The summed E-state index contributed by atoms with van der Waals surface area (Å²) in [7, 11) is 0. The van der Waals surface area contributed by atoms with Gasteiger partial charge in [0.1, 0.15) is 0 Å². The number of aliphatic hydroxyl groups is 2. The highest BCUT2D eigenvalue weighted by Crippen LogP contribution is 2.67. The van der Waals surface area contributed by atoms with Crippen LogP contribution < -0.4 is 0 Å². The predicted octanol–water partition coefficient (Wildman–Crippen LogP) is 6.92. The lowest BCUT2D eigenvalue weighted by atomic mass is 9.46. The molecule has 4 aliphatic rings. The van der Waals surface area contributed by atoms with Crippen molar-refractivity contribution in [3.05, 3.63) is 23.8 Å². The van der Waals surface area contributed by atoms with Gasteiger partial charge in [-0.1, -0.05) is 51.5 Å². The van der Waals surface area contributed by atoms with Crippen molar-refractivity contribution < 1.29 is 10.2 Å². The fourth-order valence-corrected chi connectivity index (χ4v) is 9.07. The number of hydrogen-bond donors (Lipinski definition) is 2. The fourth-order valence-electron chi connectivity index (χ4n) is 9.07. The average molecular weight is 429 g/mol. The van der Waals surface area contributed by atoms with Crippen molar-refractivity contribution in [3.63, 3.8) is 0 Å². The zero-order chi connectivity index (χ0) is 22.6. The van der Waals surface area contributed by atoms with Gasteiger partial charge in [0.25, 0.3) is 0 Å². The van der Waals surface area contributed by atoms with Gasteiger partial charge >= 0.3 is 0 Å². The van der Waals surface area contributed by atoms with Gasteiger partial charge in [-0.3, -0.25) is 0 Å². The number of hydrogen-bond acceptors (Lipinski definition) is 2. The van der Waals surface area contributed by atoms with Gasteiger partial charge in [0.2, 0.25) is 0 Å². The van der Waals surface area contributed by atoms with Crippen molar-refractivity contribution >= 4 is 0 Å². The first-order valence-corrected chi connectivity index (χ1v) is 13.3. The van der Waals surface area contributed by atoms with Crippen LogP contribution in [0.25, 0.3) is 0 Å². The lowest BCUT2D eigenvalue weighted by Gasteiger charge is -2.59. The zero-order valence-electron chi connectivity index (χ0n) is 20.9. The normalized spacial score (nSPS) is 46.4. The first kappa shape index (κ1) is 23.6. The highest BCUT2D eigenvalue weighted by molar-refractivity contribution is 5.27. The highest BCUT2D eigenvalue weighted by atomic mass is 16.3. The van der Waals surface area contributed by atoms with Crippen molar-refractivity contribution in [2.75, 3.05) is 0 Å². The molecule has 0 amide bonds. The van der Waals surface area contributed by atoms with Crippen LogP contribution in [0.4, 0.5) is 0 Å². The van der Waals surface area contributed by atoms with E-state index >= 15 is 0 Å². The molecule has 4 aliphatic carbocycles. The number of allylic oxidation sites excluding steroid dienone is 1. The van der Waals surface area contributed by atoms with Gasteiger partial charge in [0.05, 0.1) is 12.2 Å². The molecule has 0 aromatic heterocycles. The van der Waals surface area contributed by atoms with Crippen LogP contribution in [0.15, 0.2) is 23.8 Å². The first-order chi connectivity index (χ1) is 14.6. The Morgan fingerprint density at radius 2 is 1.84 bits per heavy atom. The minimum Gasteiger partial charge on any atom is -0.393 e. The van der Waals surface area contributed by atoms with Crippen molar-refractivity contribution in [2.45, 2.75) is 111 Å². The molecule has 0 aliphatic heterocycles. The Bertz CT molecular complexity index is 710. The first-order valence-electron chi connectivity index (χ1n) is 13.3. The second-order valence-electron chi connectivity index (χ2n) is 12.5. The second-order valence-corrected chi connectivity index (χ2v) is 12.5. The third-order valence-corrected chi connectivity index (χ3v) is 11.0. The summed E-state index contributed by atoms with van der Waals surface area (Å²) in [6.45, 7) is 16.3. The molecule has 31 heavy (non-hydrogen) atoms. The van der Waals surface area contributed by atoms with Gasteiger partial charge in [-0.25, -0.2) is 0 Å². The standard InChI is InChI=1S/C29H48O2/c1-7-20(18(2)3)9-8-19(4)23-10-11-24-27-25(13-15-29(23,24)6)28(5)14-12-22(30)16-21(28)17-26(27)31/h17,19-20,22-27,30-31H,2,7-16H2,1,3-6H3/t19-,20-,22+,23-,24+,25+,26+,27+,28+,29-/m1/s1. The summed E-state index contributed by atoms with van der Waals surface area (Å²) >= 11 is 0. The number of aliphatic hydroxyl groups excluding tert-OH is 2. The van der Waals surface area contributed by atoms with Gasteiger partial charge in [0.15, 0.2) is 0 Å². The van der Waals surface area contributed by atoms with Gasteiger partial charge in [-0.2, -0.15) is 0 Å². The van der Waals surface area contributed by atoms with Crippen LogP contribution in [-0.2, 0) is 0 Å². The van der Waals surface area contributed by atoms with E-state index in [0.29, 0.717) is 29.1 Å². The third kappa shape index (κ3) is 3.88. The molecule has 176 valence electrons. The molecule has 2 nitrogen and oxygen atoms in total. The van der Waals surface area contributed by atoms with Crippen LogP contribution in [0.1, 0.15) is 98.8 Å². The summed E-state index contributed by atoms with van der Waals surface area (Å²) in [5.74, 6) is 3.88. The Labute approximate surface area is 191 Å². The van der Waals surface area contributed by atoms with Crippen LogP contribution >= 0.6 is 0 Å². The summed E-state index contributed by atoms with van der Waals surface area (Å²) in [5, 5.41) is 21.6. The van der Waals surface area contributed by atoms with E-state index in [-0.39, 0.29) is 17.6 Å². The summed E-state index contributed by atoms with van der Waals surface area (Å²) < 4.78 is 0. The maximum atomic E-state index is 11.3. The van der Waals surface area contributed by atoms with Crippen molar-refractivity contribution in [1.29, 1.82) is 0 Å². The van der Waals surface area contributed by atoms with Gasteiger partial charge in [-0.15, -0.1) is 0 Å². The third-order valence-electron chi connectivity index (χ3n) is 11.0. The van der Waals surface area contributed by atoms with E-state index in [4.69, 9.17) is 0 Å². The molecule has 0 bridgehead atoms. The lowest BCUT2D eigenvalue weighted by molar-refractivity contribution is -0.0971. The van der Waals surface area contributed by atoms with E-state index in [9.17, 15) is 10.2 Å². The highest BCUT2D eigenvalue weighted by Gasteiger charge is 2.61. The molecule has 0 heterocycles. The molecule has 3 fully saturated rings. The van der Waals surface area contributed by atoms with Gasteiger partial charge < -0.3 is 10.2 Å². The van der Waals surface area contributed by atoms with Crippen LogP contribution in [0, 0.1) is 46.3 Å². The molecule has 0 spiro atoms. The Hall–Kier alpha value is -0.600. The smallest absolute Gasteiger partial charge is 0.0757 e. The number of rotatable bonds is 6. The van der Waals surface area contributed by atoms with Crippen molar-refractivity contribution in [1.82, 2.24) is 0 Å². The molecule has 10 atom stereocenters. The van der Waals surface area contributed by atoms with Gasteiger partial charge in [-0.05, 0) is 117 Å². The van der Waals surface area contributed by atoms with E-state index < -0.39 is 0 Å². The van der Waals surface area contributed by atoms with E-state index in [1.54, 1.807) is 0 Å². The zero-order valence-corrected chi connectivity index (χ0v) is 20.9. The SMILES string of the molecule is C=C(C)[C@H](CC)CC[C@@H](C)[C@H]1CC[C@H]2[C@@H]3[C@@H](O)C=C4C[C@@H](O)CC[C@]4(C)[C@H]3CC[C@]12C. The Balaban J connectivity index is 1.52. The molecule has 2 N–H and O–H groups in total. The average Bonchev–Trinajstić information content (AvgIpc) is 3.06. The second kappa shape index (κ2) is 8.64. The molecular formula is C29H48O2. The summed E-state index contributed by atoms with van der Waals surface area (Å²) in [5.41, 5.74) is 3.29. The van der Waals surface area contributed by atoms with Crippen LogP contribution in [0.3, 0.4) is 0 Å². The molecular weight excluding hydrogens is 380 g/mol.